The second-order valence-electron chi connectivity index (χ2n) is 4.19. The first kappa shape index (κ1) is 11.3. The minimum atomic E-state index is -0.0869. The lowest BCUT2D eigenvalue weighted by Gasteiger charge is -2.18. The van der Waals surface area contributed by atoms with Gasteiger partial charge in [-0.25, -0.2) is 0 Å². The van der Waals surface area contributed by atoms with Crippen LogP contribution in [-0.4, -0.2) is 29.6 Å². The maximum absolute atomic E-state index is 12.0. The van der Waals surface area contributed by atoms with E-state index in [1.807, 2.05) is 23.8 Å². The minimum Gasteiger partial charge on any atom is -0.338 e. The Bertz CT molecular complexity index is 380. The molecule has 1 aromatic heterocycles. The summed E-state index contributed by atoms with van der Waals surface area (Å²) in [4.78, 5) is 13.8. The Morgan fingerprint density at radius 1 is 1.50 bits per heavy atom. The molecule has 1 saturated heterocycles. The standard InChI is InChI=1S/C12H16N2OS/c1-9(10-4-7-16-8-10)11(13)12(15)14-5-2-3-6-14/h4,7-9,13H,2-3,5-6H2,1H3. The number of carbonyl (C=O) groups excluding carboxylic acids is 1. The van der Waals surface area contributed by atoms with Gasteiger partial charge in [-0.2, -0.15) is 11.3 Å². The van der Waals surface area contributed by atoms with Gasteiger partial charge in [0, 0.05) is 19.0 Å². The second kappa shape index (κ2) is 4.78. The zero-order chi connectivity index (χ0) is 11.5. The predicted molar refractivity (Wildman–Crippen MR) is 66.3 cm³/mol. The Balaban J connectivity index is 2.04. The molecule has 4 heteroatoms. The third-order valence-electron chi connectivity index (χ3n) is 3.10. The van der Waals surface area contributed by atoms with Crippen LogP contribution >= 0.6 is 11.3 Å². The monoisotopic (exact) mass is 236 g/mol. The number of hydrogen-bond donors (Lipinski definition) is 1. The normalized spacial score (nSPS) is 17.4. The molecule has 1 fully saturated rings. The van der Waals surface area contributed by atoms with Crippen molar-refractivity contribution in [2.24, 2.45) is 0 Å². The average molecular weight is 236 g/mol. The highest BCUT2D eigenvalue weighted by molar-refractivity contribution is 7.08. The molecule has 16 heavy (non-hydrogen) atoms. The molecule has 0 saturated carbocycles. The van der Waals surface area contributed by atoms with Gasteiger partial charge in [0.05, 0.1) is 0 Å². The third-order valence-corrected chi connectivity index (χ3v) is 3.80. The Morgan fingerprint density at radius 2 is 2.19 bits per heavy atom. The van der Waals surface area contributed by atoms with Crippen molar-refractivity contribution in [1.29, 1.82) is 5.41 Å². The van der Waals surface area contributed by atoms with E-state index in [1.54, 1.807) is 16.2 Å². The van der Waals surface area contributed by atoms with E-state index in [0.29, 0.717) is 0 Å². The van der Waals surface area contributed by atoms with E-state index in [2.05, 4.69) is 0 Å². The van der Waals surface area contributed by atoms with Crippen molar-refractivity contribution in [1.82, 2.24) is 4.90 Å². The molecule has 0 aromatic carbocycles. The molecule has 0 bridgehead atoms. The Kier molecular flexibility index (Phi) is 3.39. The molecule has 2 heterocycles. The van der Waals surface area contributed by atoms with Crippen LogP contribution in [0, 0.1) is 5.41 Å². The van der Waals surface area contributed by atoms with Gasteiger partial charge in [-0.3, -0.25) is 10.2 Å². The van der Waals surface area contributed by atoms with Gasteiger partial charge >= 0.3 is 0 Å². The van der Waals surface area contributed by atoms with E-state index in [0.717, 1.165) is 31.5 Å². The van der Waals surface area contributed by atoms with Crippen molar-refractivity contribution < 1.29 is 4.79 Å². The molecule has 1 amide bonds. The number of nitrogens with one attached hydrogen (secondary N) is 1. The number of carbonyl (C=O) groups is 1. The lowest BCUT2D eigenvalue weighted by Crippen LogP contribution is -2.35. The minimum absolute atomic E-state index is 0.0839. The van der Waals surface area contributed by atoms with E-state index in [4.69, 9.17) is 5.41 Å². The first-order valence-electron chi connectivity index (χ1n) is 5.60. The van der Waals surface area contributed by atoms with Gasteiger partial charge in [0.25, 0.3) is 5.91 Å². The van der Waals surface area contributed by atoms with Crippen LogP contribution in [0.1, 0.15) is 31.2 Å². The Hall–Kier alpha value is -1.16. The van der Waals surface area contributed by atoms with Crippen LogP contribution in [0.2, 0.25) is 0 Å². The molecule has 0 radical (unpaired) electrons. The number of rotatable bonds is 3. The second-order valence-corrected chi connectivity index (χ2v) is 4.97. The SMILES string of the molecule is CC(C(=N)C(=O)N1CCCC1)c1ccsc1. The lowest BCUT2D eigenvalue weighted by atomic mass is 9.98. The summed E-state index contributed by atoms with van der Waals surface area (Å²) in [6.07, 6.45) is 2.15. The van der Waals surface area contributed by atoms with Crippen molar-refractivity contribution in [2.45, 2.75) is 25.7 Å². The summed E-state index contributed by atoms with van der Waals surface area (Å²) in [5, 5.41) is 12.0. The van der Waals surface area contributed by atoms with Crippen LogP contribution < -0.4 is 0 Å². The van der Waals surface area contributed by atoms with Crippen molar-refractivity contribution >= 4 is 23.0 Å². The summed E-state index contributed by atoms with van der Waals surface area (Å²) in [5.41, 5.74) is 1.29. The molecule has 1 aromatic rings. The van der Waals surface area contributed by atoms with E-state index in [-0.39, 0.29) is 17.5 Å². The van der Waals surface area contributed by atoms with Gasteiger partial charge in [-0.1, -0.05) is 6.92 Å². The fraction of sp³-hybridized carbons (Fsp3) is 0.500. The molecular formula is C12H16N2OS. The van der Waals surface area contributed by atoms with Crippen molar-refractivity contribution in [3.05, 3.63) is 22.4 Å². The number of thiophene rings is 1. The number of likely N-dealkylation sites (tertiary alicyclic amines) is 1. The highest BCUT2D eigenvalue weighted by atomic mass is 32.1. The summed E-state index contributed by atoms with van der Waals surface area (Å²) < 4.78 is 0. The molecule has 1 N–H and O–H groups in total. The highest BCUT2D eigenvalue weighted by Crippen LogP contribution is 2.21. The Morgan fingerprint density at radius 3 is 2.75 bits per heavy atom. The maximum Gasteiger partial charge on any atom is 0.268 e. The van der Waals surface area contributed by atoms with Gasteiger partial charge in [-0.15, -0.1) is 0 Å². The molecule has 86 valence electrons. The van der Waals surface area contributed by atoms with Gasteiger partial charge in [0.15, 0.2) is 0 Å². The highest BCUT2D eigenvalue weighted by Gasteiger charge is 2.25. The van der Waals surface area contributed by atoms with Crippen LogP contribution in [0.3, 0.4) is 0 Å². The Labute approximate surface area is 99.6 Å². The molecule has 1 aliphatic rings. The summed E-state index contributed by atoms with van der Waals surface area (Å²) >= 11 is 1.61. The third kappa shape index (κ3) is 2.16. The molecular weight excluding hydrogens is 220 g/mol. The smallest absolute Gasteiger partial charge is 0.268 e. The van der Waals surface area contributed by atoms with Crippen molar-refractivity contribution in [2.75, 3.05) is 13.1 Å². The molecule has 1 unspecified atom stereocenters. The van der Waals surface area contributed by atoms with Crippen LogP contribution in [0.5, 0.6) is 0 Å². The summed E-state index contributed by atoms with van der Waals surface area (Å²) in [7, 11) is 0. The van der Waals surface area contributed by atoms with E-state index < -0.39 is 0 Å². The molecule has 3 nitrogen and oxygen atoms in total. The van der Waals surface area contributed by atoms with E-state index >= 15 is 0 Å². The van der Waals surface area contributed by atoms with E-state index in [1.165, 1.54) is 0 Å². The van der Waals surface area contributed by atoms with Crippen LogP contribution in [0.15, 0.2) is 16.8 Å². The number of hydrogen-bond acceptors (Lipinski definition) is 3. The number of amides is 1. The first-order valence-corrected chi connectivity index (χ1v) is 6.54. The van der Waals surface area contributed by atoms with Crippen molar-refractivity contribution in [3.8, 4) is 0 Å². The summed E-state index contributed by atoms with van der Waals surface area (Å²) in [6, 6.07) is 1.99. The van der Waals surface area contributed by atoms with Crippen LogP contribution in [0.25, 0.3) is 0 Å². The van der Waals surface area contributed by atoms with Gasteiger partial charge in [0.1, 0.15) is 5.71 Å². The molecule has 1 aliphatic heterocycles. The molecule has 0 aliphatic carbocycles. The summed E-state index contributed by atoms with van der Waals surface area (Å²) in [6.45, 7) is 3.56. The van der Waals surface area contributed by atoms with Gasteiger partial charge in [0.2, 0.25) is 0 Å². The number of nitrogens with zero attached hydrogens (tertiary/aromatic N) is 1. The quantitative estimate of drug-likeness (QED) is 0.805. The zero-order valence-electron chi connectivity index (χ0n) is 9.40. The topological polar surface area (TPSA) is 44.2 Å². The first-order chi connectivity index (χ1) is 7.70. The zero-order valence-corrected chi connectivity index (χ0v) is 10.2. The van der Waals surface area contributed by atoms with Crippen LogP contribution in [-0.2, 0) is 4.79 Å². The van der Waals surface area contributed by atoms with Gasteiger partial charge < -0.3 is 4.90 Å². The van der Waals surface area contributed by atoms with Gasteiger partial charge in [-0.05, 0) is 35.2 Å². The molecule has 2 rings (SSSR count). The fourth-order valence-electron chi connectivity index (χ4n) is 1.96. The lowest BCUT2D eigenvalue weighted by molar-refractivity contribution is -0.123. The molecule has 0 spiro atoms. The average Bonchev–Trinajstić information content (AvgIpc) is 2.97. The molecule has 1 atom stereocenters. The maximum atomic E-state index is 12.0. The largest absolute Gasteiger partial charge is 0.338 e. The van der Waals surface area contributed by atoms with E-state index in [9.17, 15) is 4.79 Å². The fourth-order valence-corrected chi connectivity index (χ4v) is 2.72. The van der Waals surface area contributed by atoms with Crippen LogP contribution in [0.4, 0.5) is 0 Å². The summed E-state index contributed by atoms with van der Waals surface area (Å²) in [5.74, 6) is -0.171. The van der Waals surface area contributed by atoms with Crippen molar-refractivity contribution in [3.63, 3.8) is 0 Å². The predicted octanol–water partition coefficient (Wildman–Crippen LogP) is 2.49.